The number of benzene rings is 1. The smallest absolute Gasteiger partial charge is 0.192 e. The summed E-state index contributed by atoms with van der Waals surface area (Å²) in [4.78, 5) is 0. The van der Waals surface area contributed by atoms with Crippen LogP contribution in [0.5, 0.6) is 5.75 Å². The first-order chi connectivity index (χ1) is 22.4. The van der Waals surface area contributed by atoms with Gasteiger partial charge in [0.1, 0.15) is 5.75 Å². The van der Waals surface area contributed by atoms with Gasteiger partial charge in [-0.3, -0.25) is 0 Å². The molecule has 7 heteroatoms. The Kier molecular flexibility index (Phi) is 18.0. The average molecular weight is 717 g/mol. The van der Waals surface area contributed by atoms with Crippen LogP contribution in [0.25, 0.3) is 0 Å². The summed E-state index contributed by atoms with van der Waals surface area (Å²) in [6.45, 7) is 41.2. The minimum atomic E-state index is -2.13. The van der Waals surface area contributed by atoms with E-state index in [1.807, 2.05) is 24.3 Å². The summed E-state index contributed by atoms with van der Waals surface area (Å²) < 4.78 is 26.5. The van der Waals surface area contributed by atoms with E-state index >= 15 is 0 Å². The summed E-state index contributed by atoms with van der Waals surface area (Å²) >= 11 is 0. The Morgan fingerprint density at radius 3 is 1.76 bits per heavy atom. The highest BCUT2D eigenvalue weighted by atomic mass is 28.4. The van der Waals surface area contributed by atoms with E-state index < -0.39 is 16.6 Å². The normalized spacial score (nSPS) is 18.8. The molecule has 49 heavy (non-hydrogen) atoms. The van der Waals surface area contributed by atoms with Crippen molar-refractivity contribution in [3.05, 3.63) is 66.3 Å². The van der Waals surface area contributed by atoms with Crippen LogP contribution in [0.4, 0.5) is 0 Å². The van der Waals surface area contributed by atoms with Crippen LogP contribution in [-0.4, -0.2) is 53.8 Å². The minimum Gasteiger partial charge on any atom is -0.497 e. The third kappa shape index (κ3) is 13.9. The van der Waals surface area contributed by atoms with Crippen molar-refractivity contribution in [1.82, 2.24) is 0 Å². The molecule has 0 saturated carbocycles. The Labute approximate surface area is 305 Å². The summed E-state index contributed by atoms with van der Waals surface area (Å²) in [6.07, 6.45) is 9.26. The van der Waals surface area contributed by atoms with Gasteiger partial charge in [0.25, 0.3) is 0 Å². The van der Waals surface area contributed by atoms with Crippen molar-refractivity contribution in [2.75, 3.05) is 13.7 Å². The molecule has 0 saturated heterocycles. The van der Waals surface area contributed by atoms with Gasteiger partial charge < -0.3 is 23.4 Å². The number of ether oxygens (including phenoxy) is 2. The zero-order valence-electron chi connectivity index (χ0n) is 34.6. The molecule has 0 aliphatic heterocycles. The molecule has 282 valence electrons. The average Bonchev–Trinajstić information content (AvgIpc) is 2.99. The van der Waals surface area contributed by atoms with Crippen LogP contribution in [0.1, 0.15) is 95.1 Å². The SMILES string of the molecule is C=C/C=C\[C@H](C)[C@H](OCc1ccc(OC)cc1)[C@@H](C)[C@H](O[Si](C)(C)C(C)(C)C)[C@@H](C)C/C(C)=C\[C@H](C)[C@@H](O[Si](C)(C)C(C)(C)C)[C@@H](C)CO. The van der Waals surface area contributed by atoms with Crippen molar-refractivity contribution in [3.8, 4) is 5.75 Å². The van der Waals surface area contributed by atoms with E-state index in [2.05, 4.69) is 140 Å². The van der Waals surface area contributed by atoms with E-state index in [0.717, 1.165) is 17.7 Å². The molecular formula is C42H76O5Si2. The van der Waals surface area contributed by atoms with Crippen molar-refractivity contribution in [1.29, 1.82) is 0 Å². The second-order valence-electron chi connectivity index (χ2n) is 17.9. The maximum atomic E-state index is 10.2. The Morgan fingerprint density at radius 1 is 0.796 bits per heavy atom. The summed E-state index contributed by atoms with van der Waals surface area (Å²) in [5.41, 5.74) is 2.45. The van der Waals surface area contributed by atoms with Gasteiger partial charge in [-0.05, 0) is 79.1 Å². The number of allylic oxidation sites excluding steroid dienone is 3. The van der Waals surface area contributed by atoms with Gasteiger partial charge in [-0.2, -0.15) is 0 Å². The fourth-order valence-corrected chi connectivity index (χ4v) is 9.07. The largest absolute Gasteiger partial charge is 0.497 e. The third-order valence-corrected chi connectivity index (χ3v) is 20.2. The molecule has 0 amide bonds. The standard InChI is InChI=1S/C42H76O5Si2/c1-19-20-21-31(3)39(45-29-36-22-24-37(44-14)25-23-36)35(7)40(47-49(17,18)42(11,12)13)33(5)27-30(2)26-32(4)38(34(6)28-43)46-48(15,16)41(8,9)10/h19-26,31-35,38-40,43H,1,27-29H2,2-18H3/b21-20-,30-26-/t31-,32-,33-,34-,35+,38+,39-,40+/m0/s1. The number of methoxy groups -OCH3 is 1. The number of aliphatic hydroxyl groups excluding tert-OH is 1. The first-order valence-corrected chi connectivity index (χ1v) is 24.4. The molecule has 0 aliphatic carbocycles. The lowest BCUT2D eigenvalue weighted by Crippen LogP contribution is -2.50. The maximum Gasteiger partial charge on any atom is 0.192 e. The summed E-state index contributed by atoms with van der Waals surface area (Å²) in [5.74, 6) is 1.61. The third-order valence-electron chi connectivity index (χ3n) is 11.3. The molecule has 0 fully saturated rings. The molecule has 0 aliphatic rings. The number of hydrogen-bond acceptors (Lipinski definition) is 5. The Bertz CT molecular complexity index is 1170. The monoisotopic (exact) mass is 717 g/mol. The van der Waals surface area contributed by atoms with Crippen LogP contribution in [0.2, 0.25) is 36.3 Å². The van der Waals surface area contributed by atoms with E-state index in [0.29, 0.717) is 6.61 Å². The molecule has 0 heterocycles. The predicted octanol–water partition coefficient (Wildman–Crippen LogP) is 11.6. The van der Waals surface area contributed by atoms with E-state index in [4.69, 9.17) is 18.3 Å². The maximum absolute atomic E-state index is 10.2. The molecule has 0 aromatic heterocycles. The quantitative estimate of drug-likeness (QED) is 0.0827. The summed E-state index contributed by atoms with van der Waals surface area (Å²) in [7, 11) is -2.47. The molecule has 0 spiro atoms. The fraction of sp³-hybridized carbons (Fsp3) is 0.714. The van der Waals surface area contributed by atoms with Gasteiger partial charge >= 0.3 is 0 Å². The molecule has 1 aromatic rings. The van der Waals surface area contributed by atoms with Gasteiger partial charge in [-0.15, -0.1) is 0 Å². The van der Waals surface area contributed by atoms with Crippen LogP contribution in [-0.2, 0) is 20.2 Å². The topological polar surface area (TPSA) is 57.2 Å². The van der Waals surface area contributed by atoms with Crippen molar-refractivity contribution >= 4 is 16.6 Å². The number of rotatable bonds is 20. The summed E-state index contributed by atoms with van der Waals surface area (Å²) in [6, 6.07) is 8.13. The molecule has 1 aromatic carbocycles. The van der Waals surface area contributed by atoms with Crippen molar-refractivity contribution in [2.45, 2.75) is 151 Å². The van der Waals surface area contributed by atoms with Gasteiger partial charge in [-0.1, -0.05) is 125 Å². The second-order valence-corrected chi connectivity index (χ2v) is 27.4. The molecule has 0 radical (unpaired) electrons. The van der Waals surface area contributed by atoms with Gasteiger partial charge in [0.05, 0.1) is 32.0 Å². The van der Waals surface area contributed by atoms with Crippen LogP contribution in [0, 0.1) is 29.6 Å². The number of aliphatic hydroxyl groups is 1. The summed E-state index contributed by atoms with van der Waals surface area (Å²) in [5, 5.41) is 10.4. The van der Waals surface area contributed by atoms with Crippen molar-refractivity contribution in [3.63, 3.8) is 0 Å². The van der Waals surface area contributed by atoms with Gasteiger partial charge in [0, 0.05) is 24.4 Å². The minimum absolute atomic E-state index is 0.00404. The Morgan fingerprint density at radius 2 is 1.31 bits per heavy atom. The van der Waals surface area contributed by atoms with E-state index in [1.54, 1.807) is 7.11 Å². The first-order valence-electron chi connectivity index (χ1n) is 18.6. The first kappa shape index (κ1) is 45.5. The van der Waals surface area contributed by atoms with Crippen LogP contribution >= 0.6 is 0 Å². The molecule has 8 atom stereocenters. The highest BCUT2D eigenvalue weighted by Gasteiger charge is 2.44. The lowest BCUT2D eigenvalue weighted by molar-refractivity contribution is -0.0644. The van der Waals surface area contributed by atoms with Gasteiger partial charge in [-0.25, -0.2) is 0 Å². The molecular weight excluding hydrogens is 641 g/mol. The van der Waals surface area contributed by atoms with E-state index in [1.165, 1.54) is 5.57 Å². The lowest BCUT2D eigenvalue weighted by Gasteiger charge is -2.45. The number of hydrogen-bond donors (Lipinski definition) is 1. The van der Waals surface area contributed by atoms with Gasteiger partial charge in [0.2, 0.25) is 0 Å². The fourth-order valence-electron chi connectivity index (χ4n) is 6.10. The molecule has 1 rings (SSSR count). The van der Waals surface area contributed by atoms with Crippen LogP contribution < -0.4 is 4.74 Å². The Balaban J connectivity index is 3.50. The van der Waals surface area contributed by atoms with Crippen molar-refractivity contribution in [2.24, 2.45) is 29.6 Å². The molecule has 5 nitrogen and oxygen atoms in total. The molecule has 1 N–H and O–H groups in total. The van der Waals surface area contributed by atoms with E-state index in [-0.39, 0.29) is 64.6 Å². The predicted molar refractivity (Wildman–Crippen MR) is 216 cm³/mol. The highest BCUT2D eigenvalue weighted by Crippen LogP contribution is 2.42. The van der Waals surface area contributed by atoms with Gasteiger partial charge in [0.15, 0.2) is 16.6 Å². The van der Waals surface area contributed by atoms with E-state index in [9.17, 15) is 5.11 Å². The zero-order valence-corrected chi connectivity index (χ0v) is 36.6. The highest BCUT2D eigenvalue weighted by molar-refractivity contribution is 6.74. The molecule has 0 bridgehead atoms. The van der Waals surface area contributed by atoms with Crippen molar-refractivity contribution < 1.29 is 23.4 Å². The second kappa shape index (κ2) is 19.4. The zero-order chi connectivity index (χ0) is 38.0. The van der Waals surface area contributed by atoms with Crippen LogP contribution in [0.15, 0.2) is 60.7 Å². The van der Waals surface area contributed by atoms with Crippen LogP contribution in [0.3, 0.4) is 0 Å². The Hall–Kier alpha value is -1.49. The lowest BCUT2D eigenvalue weighted by atomic mass is 9.81. The molecule has 0 unspecified atom stereocenters.